The molecular formula is C17H18O4. The fourth-order valence-electron chi connectivity index (χ4n) is 2.36. The first-order chi connectivity index (χ1) is 10.1. The number of phenolic OH excluding ortho intramolecular Hbond substituents is 1. The maximum absolute atomic E-state index is 10.8. The van der Waals surface area contributed by atoms with Gasteiger partial charge in [0.1, 0.15) is 11.5 Å². The van der Waals surface area contributed by atoms with E-state index in [9.17, 15) is 9.90 Å². The van der Waals surface area contributed by atoms with Crippen molar-refractivity contribution < 1.29 is 19.7 Å². The number of hydrogen-bond donors (Lipinski definition) is 2. The van der Waals surface area contributed by atoms with Crippen LogP contribution in [0.2, 0.25) is 0 Å². The van der Waals surface area contributed by atoms with Crippen LogP contribution in [0.15, 0.2) is 42.5 Å². The van der Waals surface area contributed by atoms with Gasteiger partial charge >= 0.3 is 6.16 Å². The highest BCUT2D eigenvalue weighted by atomic mass is 16.7. The fraction of sp³-hybridized carbons (Fsp3) is 0.235. The monoisotopic (exact) mass is 286 g/mol. The Kier molecular flexibility index (Phi) is 4.82. The van der Waals surface area contributed by atoms with Gasteiger partial charge in [0.05, 0.1) is 0 Å². The molecule has 0 amide bonds. The Hall–Kier alpha value is -2.49. The molecule has 4 heteroatoms. The lowest BCUT2D eigenvalue weighted by Crippen LogP contribution is -2.07. The molecule has 0 bridgehead atoms. The summed E-state index contributed by atoms with van der Waals surface area (Å²) in [7, 11) is 0. The predicted molar refractivity (Wildman–Crippen MR) is 80.0 cm³/mol. The van der Waals surface area contributed by atoms with Crippen molar-refractivity contribution in [1.82, 2.24) is 0 Å². The summed E-state index contributed by atoms with van der Waals surface area (Å²) in [5.41, 5.74) is 2.60. The van der Waals surface area contributed by atoms with Crippen molar-refractivity contribution in [1.29, 1.82) is 0 Å². The van der Waals surface area contributed by atoms with Gasteiger partial charge in [0, 0.05) is 12.0 Å². The Morgan fingerprint density at radius 2 is 1.81 bits per heavy atom. The third-order valence-corrected chi connectivity index (χ3v) is 3.31. The summed E-state index contributed by atoms with van der Waals surface area (Å²) >= 11 is 0. The average Bonchev–Trinajstić information content (AvgIpc) is 2.44. The fourth-order valence-corrected chi connectivity index (χ4v) is 2.36. The molecule has 2 aromatic carbocycles. The maximum atomic E-state index is 10.8. The number of aryl methyl sites for hydroxylation is 1. The third-order valence-electron chi connectivity index (χ3n) is 3.31. The van der Waals surface area contributed by atoms with E-state index in [-0.39, 0.29) is 5.75 Å². The number of rotatable bonds is 5. The van der Waals surface area contributed by atoms with Gasteiger partial charge in [0.15, 0.2) is 0 Å². The highest BCUT2D eigenvalue weighted by molar-refractivity contribution is 5.63. The number of para-hydroxylation sites is 1. The van der Waals surface area contributed by atoms with Gasteiger partial charge in [-0.15, -0.1) is 0 Å². The van der Waals surface area contributed by atoms with Gasteiger partial charge in [-0.05, 0) is 29.7 Å². The first-order valence-corrected chi connectivity index (χ1v) is 6.90. The number of hydrogen-bond acceptors (Lipinski definition) is 3. The van der Waals surface area contributed by atoms with Crippen LogP contribution in [0.5, 0.6) is 11.5 Å². The maximum Gasteiger partial charge on any atom is 0.511 e. The number of ether oxygens (including phenoxy) is 1. The van der Waals surface area contributed by atoms with Crippen molar-refractivity contribution in [3.63, 3.8) is 0 Å². The van der Waals surface area contributed by atoms with Crippen LogP contribution in [0.4, 0.5) is 4.79 Å². The van der Waals surface area contributed by atoms with Crippen LogP contribution in [0.25, 0.3) is 0 Å². The smallest absolute Gasteiger partial charge is 0.508 e. The van der Waals surface area contributed by atoms with Gasteiger partial charge in [-0.2, -0.15) is 0 Å². The van der Waals surface area contributed by atoms with E-state index < -0.39 is 6.16 Å². The van der Waals surface area contributed by atoms with E-state index in [4.69, 9.17) is 9.84 Å². The molecule has 0 atom stereocenters. The zero-order valence-electron chi connectivity index (χ0n) is 11.9. The van der Waals surface area contributed by atoms with Crippen molar-refractivity contribution in [2.75, 3.05) is 0 Å². The minimum Gasteiger partial charge on any atom is -0.508 e. The van der Waals surface area contributed by atoms with Gasteiger partial charge in [-0.1, -0.05) is 43.7 Å². The Balaban J connectivity index is 2.43. The second-order valence-corrected chi connectivity index (χ2v) is 4.82. The SMILES string of the molecule is CCCc1cccc(OC(=O)O)c1Cc1ccccc1O. The van der Waals surface area contributed by atoms with Crippen LogP contribution in [0.1, 0.15) is 30.0 Å². The summed E-state index contributed by atoms with van der Waals surface area (Å²) in [4.78, 5) is 10.8. The van der Waals surface area contributed by atoms with Crippen LogP contribution in [-0.2, 0) is 12.8 Å². The Bertz CT molecular complexity index is 634. The minimum absolute atomic E-state index is 0.199. The molecule has 0 spiro atoms. The lowest BCUT2D eigenvalue weighted by molar-refractivity contribution is 0.144. The molecule has 2 N–H and O–H groups in total. The van der Waals surface area contributed by atoms with Gasteiger partial charge in [-0.3, -0.25) is 0 Å². The van der Waals surface area contributed by atoms with E-state index in [0.29, 0.717) is 12.2 Å². The minimum atomic E-state index is -1.33. The third kappa shape index (κ3) is 3.75. The second kappa shape index (κ2) is 6.79. The number of benzene rings is 2. The second-order valence-electron chi connectivity index (χ2n) is 4.82. The molecule has 0 aliphatic heterocycles. The molecule has 4 nitrogen and oxygen atoms in total. The van der Waals surface area contributed by atoms with Crippen molar-refractivity contribution in [2.45, 2.75) is 26.2 Å². The Labute approximate surface area is 123 Å². The van der Waals surface area contributed by atoms with Crippen molar-refractivity contribution >= 4 is 6.16 Å². The molecule has 2 rings (SSSR count). The molecule has 0 saturated carbocycles. The molecule has 0 unspecified atom stereocenters. The summed E-state index contributed by atoms with van der Waals surface area (Å²) in [5.74, 6) is 0.529. The van der Waals surface area contributed by atoms with Crippen molar-refractivity contribution in [2.24, 2.45) is 0 Å². The lowest BCUT2D eigenvalue weighted by Gasteiger charge is -2.14. The standard InChI is InChI=1S/C17H18O4/c1-2-6-12-8-5-10-16(21-17(19)20)14(12)11-13-7-3-4-9-15(13)18/h3-5,7-10,18H,2,6,11H2,1H3,(H,19,20). The number of carbonyl (C=O) groups is 1. The first kappa shape index (κ1) is 14.9. The molecule has 110 valence electrons. The zero-order chi connectivity index (χ0) is 15.2. The van der Waals surface area contributed by atoms with Gasteiger partial charge in [-0.25, -0.2) is 4.79 Å². The molecular weight excluding hydrogens is 268 g/mol. The summed E-state index contributed by atoms with van der Waals surface area (Å²) in [5, 5.41) is 18.8. The van der Waals surface area contributed by atoms with Gasteiger partial charge < -0.3 is 14.9 Å². The van der Waals surface area contributed by atoms with Crippen LogP contribution in [0, 0.1) is 0 Å². The number of aromatic hydroxyl groups is 1. The molecule has 2 aromatic rings. The molecule has 0 saturated heterocycles. The van der Waals surface area contributed by atoms with Crippen molar-refractivity contribution in [3.8, 4) is 11.5 Å². The van der Waals surface area contributed by atoms with Crippen LogP contribution in [-0.4, -0.2) is 16.4 Å². The molecule has 0 aliphatic rings. The summed E-state index contributed by atoms with van der Waals surface area (Å²) in [6.45, 7) is 2.06. The zero-order valence-corrected chi connectivity index (χ0v) is 11.9. The van der Waals surface area contributed by atoms with E-state index in [0.717, 1.165) is 29.5 Å². The van der Waals surface area contributed by atoms with E-state index in [1.165, 1.54) is 0 Å². The molecule has 21 heavy (non-hydrogen) atoms. The molecule has 0 aromatic heterocycles. The highest BCUT2D eigenvalue weighted by Crippen LogP contribution is 2.29. The van der Waals surface area contributed by atoms with Crippen LogP contribution < -0.4 is 4.74 Å². The van der Waals surface area contributed by atoms with E-state index in [1.807, 2.05) is 18.2 Å². The largest absolute Gasteiger partial charge is 0.511 e. The molecule has 0 heterocycles. The quantitative estimate of drug-likeness (QED) is 0.644. The van der Waals surface area contributed by atoms with E-state index in [2.05, 4.69) is 6.92 Å². The van der Waals surface area contributed by atoms with Gasteiger partial charge in [0.2, 0.25) is 0 Å². The molecule has 0 fully saturated rings. The first-order valence-electron chi connectivity index (χ1n) is 6.90. The number of carboxylic acid groups (broad SMARTS) is 1. The summed E-state index contributed by atoms with van der Waals surface area (Å²) in [6, 6.07) is 12.4. The van der Waals surface area contributed by atoms with E-state index >= 15 is 0 Å². The topological polar surface area (TPSA) is 66.8 Å². The van der Waals surface area contributed by atoms with Gasteiger partial charge in [0.25, 0.3) is 0 Å². The predicted octanol–water partition coefficient (Wildman–Crippen LogP) is 3.99. The van der Waals surface area contributed by atoms with Crippen LogP contribution >= 0.6 is 0 Å². The van der Waals surface area contributed by atoms with Crippen LogP contribution in [0.3, 0.4) is 0 Å². The Morgan fingerprint density at radius 1 is 1.10 bits per heavy atom. The average molecular weight is 286 g/mol. The number of phenols is 1. The van der Waals surface area contributed by atoms with Crippen molar-refractivity contribution in [3.05, 3.63) is 59.2 Å². The molecule has 0 radical (unpaired) electrons. The summed E-state index contributed by atoms with van der Waals surface area (Å²) in [6.07, 6.45) is 0.886. The normalized spacial score (nSPS) is 10.3. The Morgan fingerprint density at radius 3 is 2.48 bits per heavy atom. The molecule has 0 aliphatic carbocycles. The van der Waals surface area contributed by atoms with E-state index in [1.54, 1.807) is 24.3 Å². The lowest BCUT2D eigenvalue weighted by atomic mass is 9.95. The highest BCUT2D eigenvalue weighted by Gasteiger charge is 2.14. The summed E-state index contributed by atoms with van der Waals surface area (Å²) < 4.78 is 4.88.